The number of phosphoric ester groups is 1. The first-order chi connectivity index (χ1) is 13.1. The predicted molar refractivity (Wildman–Crippen MR) is 107 cm³/mol. The molecule has 0 aliphatic heterocycles. The number of amides is 1. The van der Waals surface area contributed by atoms with Crippen molar-refractivity contribution in [1.82, 2.24) is 5.32 Å². The molecule has 8 nitrogen and oxygen atoms in total. The van der Waals surface area contributed by atoms with Gasteiger partial charge in [0.15, 0.2) is 0 Å². The van der Waals surface area contributed by atoms with Gasteiger partial charge in [0.05, 0.1) is 19.8 Å². The molecule has 1 aromatic rings. The van der Waals surface area contributed by atoms with Crippen LogP contribution in [0.4, 0.5) is 4.79 Å². The zero-order valence-electron chi connectivity index (χ0n) is 17.6. The maximum atomic E-state index is 12.6. The second-order valence-corrected chi connectivity index (χ2v) is 8.52. The van der Waals surface area contributed by atoms with Gasteiger partial charge in [-0.1, -0.05) is 6.07 Å². The van der Waals surface area contributed by atoms with Crippen molar-refractivity contribution in [2.75, 3.05) is 26.9 Å². The molecular weight excluding hydrogens is 385 g/mol. The summed E-state index contributed by atoms with van der Waals surface area (Å²) in [4.78, 5) is 11.7. The molecule has 0 radical (unpaired) electrons. The smallest absolute Gasteiger partial charge is 0.444 e. The molecule has 0 spiro atoms. The van der Waals surface area contributed by atoms with Gasteiger partial charge in [-0.25, -0.2) is 9.36 Å². The van der Waals surface area contributed by atoms with E-state index in [2.05, 4.69) is 5.32 Å². The Morgan fingerprint density at radius 1 is 1.14 bits per heavy atom. The average molecular weight is 417 g/mol. The molecule has 0 bridgehead atoms. The monoisotopic (exact) mass is 417 g/mol. The first-order valence-corrected chi connectivity index (χ1v) is 10.7. The molecule has 0 atom stereocenters. The van der Waals surface area contributed by atoms with Crippen LogP contribution in [0.15, 0.2) is 18.2 Å². The molecule has 0 fully saturated rings. The van der Waals surface area contributed by atoms with Crippen LogP contribution in [0, 0.1) is 0 Å². The number of phosphoric acid groups is 1. The van der Waals surface area contributed by atoms with Gasteiger partial charge in [-0.05, 0) is 58.7 Å². The standard InChI is InChI=1S/C19H32NO7P/c1-7-24-28(22,25-8-2)27-17-10-9-15(13-16(17)14-23-6)11-12-20-18(21)26-19(3,4)5/h9-10,13H,7-8,11-12,14H2,1-6H3,(H,20,21). The highest BCUT2D eigenvalue weighted by atomic mass is 31.2. The Bertz CT molecular complexity index is 663. The summed E-state index contributed by atoms with van der Waals surface area (Å²) in [7, 11) is -2.13. The van der Waals surface area contributed by atoms with Crippen LogP contribution >= 0.6 is 7.82 Å². The molecule has 0 heterocycles. The summed E-state index contributed by atoms with van der Waals surface area (Å²) in [6, 6.07) is 5.40. The van der Waals surface area contributed by atoms with Crippen LogP contribution < -0.4 is 9.84 Å². The normalized spacial score (nSPS) is 11.9. The number of nitrogens with one attached hydrogen (secondary N) is 1. The van der Waals surface area contributed by atoms with Crippen LogP contribution in [-0.2, 0) is 36.1 Å². The lowest BCUT2D eigenvalue weighted by Crippen LogP contribution is -2.33. The summed E-state index contributed by atoms with van der Waals surface area (Å²) in [5.74, 6) is 0.371. The number of benzene rings is 1. The van der Waals surface area contributed by atoms with E-state index in [9.17, 15) is 9.36 Å². The number of hydrogen-bond donors (Lipinski definition) is 1. The summed E-state index contributed by atoms with van der Waals surface area (Å²) >= 11 is 0. The topological polar surface area (TPSA) is 92.3 Å². The molecule has 0 unspecified atom stereocenters. The van der Waals surface area contributed by atoms with Crippen molar-refractivity contribution in [2.24, 2.45) is 0 Å². The fourth-order valence-corrected chi connectivity index (χ4v) is 3.53. The first-order valence-electron chi connectivity index (χ1n) is 9.28. The van der Waals surface area contributed by atoms with Crippen LogP contribution in [0.3, 0.4) is 0 Å². The Kier molecular flexibility index (Phi) is 9.96. The van der Waals surface area contributed by atoms with Gasteiger partial charge >= 0.3 is 13.9 Å². The summed E-state index contributed by atoms with van der Waals surface area (Å²) in [6.45, 7) is 9.94. The van der Waals surface area contributed by atoms with Gasteiger partial charge in [-0.2, -0.15) is 0 Å². The van der Waals surface area contributed by atoms with Crippen LogP contribution in [0.1, 0.15) is 45.7 Å². The molecule has 9 heteroatoms. The highest BCUT2D eigenvalue weighted by molar-refractivity contribution is 7.48. The van der Waals surface area contributed by atoms with E-state index < -0.39 is 19.5 Å². The summed E-state index contributed by atoms with van der Waals surface area (Å²) < 4.78 is 39.0. The molecular formula is C19H32NO7P. The molecule has 160 valence electrons. The van der Waals surface area contributed by atoms with E-state index in [1.165, 1.54) is 0 Å². The quantitative estimate of drug-likeness (QED) is 0.532. The molecule has 0 saturated carbocycles. The fourth-order valence-electron chi connectivity index (χ4n) is 2.30. The minimum absolute atomic E-state index is 0.200. The Hall–Kier alpha value is -1.60. The maximum absolute atomic E-state index is 12.6. The molecule has 0 aliphatic carbocycles. The van der Waals surface area contributed by atoms with Gasteiger partial charge < -0.3 is 19.3 Å². The third-order valence-corrected chi connectivity index (χ3v) is 4.86. The zero-order chi connectivity index (χ0) is 21.2. The van der Waals surface area contributed by atoms with Gasteiger partial charge in [0.25, 0.3) is 0 Å². The number of carbonyl (C=O) groups excluding carboxylic acids is 1. The lowest BCUT2D eigenvalue weighted by atomic mass is 10.1. The minimum atomic E-state index is -3.69. The Morgan fingerprint density at radius 3 is 2.32 bits per heavy atom. The van der Waals surface area contributed by atoms with Crippen molar-refractivity contribution in [3.8, 4) is 5.75 Å². The summed E-state index contributed by atoms with van der Waals surface area (Å²) in [5.41, 5.74) is 1.12. The first kappa shape index (κ1) is 24.4. The molecule has 0 aromatic heterocycles. The third kappa shape index (κ3) is 9.06. The predicted octanol–water partition coefficient (Wildman–Crippen LogP) is 4.46. The number of ether oxygens (including phenoxy) is 2. The van der Waals surface area contributed by atoms with Crippen molar-refractivity contribution in [1.29, 1.82) is 0 Å². The van der Waals surface area contributed by atoms with Crippen LogP contribution in [-0.4, -0.2) is 38.6 Å². The van der Waals surface area contributed by atoms with E-state index >= 15 is 0 Å². The molecule has 1 aromatic carbocycles. The van der Waals surface area contributed by atoms with Crippen molar-refractivity contribution < 1.29 is 32.4 Å². The highest BCUT2D eigenvalue weighted by Gasteiger charge is 2.28. The Labute approximate surface area is 167 Å². The largest absolute Gasteiger partial charge is 0.530 e. The summed E-state index contributed by atoms with van der Waals surface area (Å²) in [5, 5.41) is 2.72. The van der Waals surface area contributed by atoms with Gasteiger partial charge in [0, 0.05) is 19.2 Å². The SMILES string of the molecule is CCOP(=O)(OCC)Oc1ccc(CCNC(=O)OC(C)(C)C)cc1COC. The number of alkyl carbamates (subject to hydrolysis) is 1. The molecule has 1 N–H and O–H groups in total. The second-order valence-electron chi connectivity index (χ2n) is 6.93. The fraction of sp³-hybridized carbons (Fsp3) is 0.632. The highest BCUT2D eigenvalue weighted by Crippen LogP contribution is 2.50. The summed E-state index contributed by atoms with van der Waals surface area (Å²) in [6.07, 6.45) is 0.129. The zero-order valence-corrected chi connectivity index (χ0v) is 18.5. The van der Waals surface area contributed by atoms with Crippen molar-refractivity contribution in [3.05, 3.63) is 29.3 Å². The van der Waals surface area contributed by atoms with Gasteiger partial charge in [-0.3, -0.25) is 9.05 Å². The Balaban J connectivity index is 2.81. The van der Waals surface area contributed by atoms with Gasteiger partial charge in [0.2, 0.25) is 0 Å². The van der Waals surface area contributed by atoms with Crippen molar-refractivity contribution in [2.45, 2.75) is 53.2 Å². The number of rotatable bonds is 11. The van der Waals surface area contributed by atoms with Crippen LogP contribution in [0.5, 0.6) is 5.75 Å². The lowest BCUT2D eigenvalue weighted by molar-refractivity contribution is 0.0528. The molecule has 0 saturated heterocycles. The number of methoxy groups -OCH3 is 1. The minimum Gasteiger partial charge on any atom is -0.444 e. The van der Waals surface area contributed by atoms with Crippen molar-refractivity contribution >= 4 is 13.9 Å². The molecule has 0 aliphatic rings. The van der Waals surface area contributed by atoms with E-state index in [0.29, 0.717) is 24.3 Å². The van der Waals surface area contributed by atoms with Crippen molar-refractivity contribution in [3.63, 3.8) is 0 Å². The lowest BCUT2D eigenvalue weighted by Gasteiger charge is -2.20. The average Bonchev–Trinajstić information content (AvgIpc) is 2.56. The van der Waals surface area contributed by atoms with Gasteiger partial charge in [0.1, 0.15) is 11.4 Å². The van der Waals surface area contributed by atoms with E-state index in [1.807, 2.05) is 32.9 Å². The van der Waals surface area contributed by atoms with E-state index in [4.69, 9.17) is 23.0 Å². The van der Waals surface area contributed by atoms with Crippen LogP contribution in [0.2, 0.25) is 0 Å². The molecule has 1 rings (SSSR count). The number of hydrogen-bond acceptors (Lipinski definition) is 7. The molecule has 1 amide bonds. The molecule has 28 heavy (non-hydrogen) atoms. The number of carbonyl (C=O) groups is 1. The van der Waals surface area contributed by atoms with E-state index in [1.54, 1.807) is 27.0 Å². The van der Waals surface area contributed by atoms with E-state index in [-0.39, 0.29) is 19.8 Å². The second kappa shape index (κ2) is 11.4. The van der Waals surface area contributed by atoms with Gasteiger partial charge in [-0.15, -0.1) is 0 Å². The van der Waals surface area contributed by atoms with E-state index in [0.717, 1.165) is 5.56 Å². The maximum Gasteiger partial charge on any atom is 0.530 e. The Morgan fingerprint density at radius 2 is 1.79 bits per heavy atom. The van der Waals surface area contributed by atoms with Crippen LogP contribution in [0.25, 0.3) is 0 Å². The third-order valence-electron chi connectivity index (χ3n) is 3.29.